The van der Waals surface area contributed by atoms with E-state index in [-0.39, 0.29) is 0 Å². The molecule has 3 rings (SSSR count). The normalized spacial score (nSPS) is 15.6. The average Bonchev–Trinajstić information content (AvgIpc) is 2.39. The molecule has 1 aromatic heterocycles. The van der Waals surface area contributed by atoms with Gasteiger partial charge in [0.2, 0.25) is 0 Å². The van der Waals surface area contributed by atoms with E-state index in [1.54, 1.807) is 0 Å². The molecule has 1 aliphatic heterocycles. The number of hydrogen-bond acceptors (Lipinski definition) is 3. The highest BCUT2D eigenvalue weighted by atomic mass is 15.1. The van der Waals surface area contributed by atoms with Gasteiger partial charge in [-0.2, -0.15) is 0 Å². The number of nitrogens with zero attached hydrogens (tertiary/aromatic N) is 3. The predicted octanol–water partition coefficient (Wildman–Crippen LogP) is 2.13. The lowest BCUT2D eigenvalue weighted by Gasteiger charge is -2.23. The van der Waals surface area contributed by atoms with Gasteiger partial charge in [0, 0.05) is 36.8 Å². The highest BCUT2D eigenvalue weighted by Gasteiger charge is 2.15. The van der Waals surface area contributed by atoms with Crippen LogP contribution in [0.3, 0.4) is 0 Å². The summed E-state index contributed by atoms with van der Waals surface area (Å²) in [6, 6.07) is 10.2. The van der Waals surface area contributed by atoms with E-state index in [9.17, 15) is 0 Å². The van der Waals surface area contributed by atoms with E-state index in [0.29, 0.717) is 0 Å². The largest absolute Gasteiger partial charge is 0.302 e. The fraction of sp³-hybridized carbons (Fsp3) is 0.286. The summed E-state index contributed by atoms with van der Waals surface area (Å²) < 4.78 is 0. The van der Waals surface area contributed by atoms with Crippen molar-refractivity contribution in [3.63, 3.8) is 0 Å². The number of aromatic nitrogens is 2. The minimum Gasteiger partial charge on any atom is -0.302 e. The van der Waals surface area contributed by atoms with Crippen LogP contribution in [0.1, 0.15) is 11.3 Å². The summed E-state index contributed by atoms with van der Waals surface area (Å²) in [4.78, 5) is 11.4. The van der Waals surface area contributed by atoms with Gasteiger partial charge in [0.1, 0.15) is 0 Å². The molecule has 1 aliphatic rings. The molecule has 86 valence electrons. The number of benzene rings is 1. The van der Waals surface area contributed by atoms with Gasteiger partial charge in [0.25, 0.3) is 0 Å². The van der Waals surface area contributed by atoms with Gasteiger partial charge >= 0.3 is 0 Å². The Balaban J connectivity index is 1.99. The molecule has 17 heavy (non-hydrogen) atoms. The zero-order valence-corrected chi connectivity index (χ0v) is 9.93. The van der Waals surface area contributed by atoms with E-state index in [1.165, 1.54) is 11.3 Å². The van der Waals surface area contributed by atoms with Crippen molar-refractivity contribution in [2.75, 3.05) is 13.6 Å². The summed E-state index contributed by atoms with van der Waals surface area (Å²) in [5.74, 6) is 0.842. The first kappa shape index (κ1) is 10.4. The van der Waals surface area contributed by atoms with Crippen molar-refractivity contribution >= 4 is 0 Å². The molecule has 0 atom stereocenters. The summed E-state index contributed by atoms with van der Waals surface area (Å²) in [5, 5.41) is 0. The van der Waals surface area contributed by atoms with Crippen molar-refractivity contribution < 1.29 is 0 Å². The van der Waals surface area contributed by atoms with Crippen LogP contribution in [0, 0.1) is 0 Å². The average molecular weight is 225 g/mol. The minimum absolute atomic E-state index is 0.842. The monoisotopic (exact) mass is 225 g/mol. The Bertz CT molecular complexity index is 522. The van der Waals surface area contributed by atoms with Crippen LogP contribution in [0.2, 0.25) is 0 Å². The molecule has 0 saturated carbocycles. The molecule has 0 N–H and O–H groups in total. The Morgan fingerprint density at radius 1 is 1.18 bits per heavy atom. The van der Waals surface area contributed by atoms with Gasteiger partial charge in [0.15, 0.2) is 5.82 Å². The third-order valence-corrected chi connectivity index (χ3v) is 3.16. The molecule has 3 heteroatoms. The Morgan fingerprint density at radius 2 is 2.00 bits per heavy atom. The van der Waals surface area contributed by atoms with Crippen molar-refractivity contribution in [3.05, 3.63) is 47.8 Å². The van der Waals surface area contributed by atoms with E-state index in [4.69, 9.17) is 0 Å². The molecule has 1 aromatic carbocycles. The molecule has 0 spiro atoms. The third kappa shape index (κ3) is 2.06. The van der Waals surface area contributed by atoms with Crippen LogP contribution in [-0.4, -0.2) is 28.5 Å². The molecule has 3 nitrogen and oxygen atoms in total. The van der Waals surface area contributed by atoms with Crippen LogP contribution in [0.4, 0.5) is 0 Å². The Hall–Kier alpha value is -1.74. The van der Waals surface area contributed by atoms with Crippen LogP contribution < -0.4 is 0 Å². The van der Waals surface area contributed by atoms with Gasteiger partial charge in [-0.3, -0.25) is 0 Å². The van der Waals surface area contributed by atoms with Crippen molar-refractivity contribution in [1.82, 2.24) is 14.9 Å². The van der Waals surface area contributed by atoms with E-state index >= 15 is 0 Å². The van der Waals surface area contributed by atoms with Crippen molar-refractivity contribution in [1.29, 1.82) is 0 Å². The number of fused-ring (bicyclic) bond motifs is 1. The Morgan fingerprint density at radius 3 is 2.82 bits per heavy atom. The molecular weight excluding hydrogens is 210 g/mol. The van der Waals surface area contributed by atoms with Gasteiger partial charge in [-0.15, -0.1) is 0 Å². The molecule has 2 heterocycles. The predicted molar refractivity (Wildman–Crippen MR) is 67.5 cm³/mol. The summed E-state index contributed by atoms with van der Waals surface area (Å²) in [7, 11) is 2.13. The smallest absolute Gasteiger partial charge is 0.159 e. The maximum Gasteiger partial charge on any atom is 0.159 e. The highest BCUT2D eigenvalue weighted by Crippen LogP contribution is 2.19. The second kappa shape index (κ2) is 4.26. The fourth-order valence-corrected chi connectivity index (χ4v) is 2.18. The van der Waals surface area contributed by atoms with Gasteiger partial charge < -0.3 is 4.90 Å². The van der Waals surface area contributed by atoms with Crippen LogP contribution in [0.25, 0.3) is 11.4 Å². The van der Waals surface area contributed by atoms with Crippen molar-refractivity contribution in [3.8, 4) is 11.4 Å². The lowest BCUT2D eigenvalue weighted by molar-refractivity contribution is 0.309. The van der Waals surface area contributed by atoms with E-state index in [0.717, 1.165) is 30.9 Å². The first-order valence-corrected chi connectivity index (χ1v) is 5.92. The zero-order valence-electron chi connectivity index (χ0n) is 9.93. The van der Waals surface area contributed by atoms with Crippen LogP contribution in [0.5, 0.6) is 0 Å². The molecule has 0 aliphatic carbocycles. The number of likely N-dealkylation sites (N-methyl/N-ethyl adjacent to an activating group) is 1. The summed E-state index contributed by atoms with van der Waals surface area (Å²) in [6.07, 6.45) is 2.99. The molecule has 2 aromatic rings. The quantitative estimate of drug-likeness (QED) is 0.744. The lowest BCUT2D eigenvalue weighted by Crippen LogP contribution is -2.27. The van der Waals surface area contributed by atoms with E-state index in [1.807, 2.05) is 24.4 Å². The van der Waals surface area contributed by atoms with Gasteiger partial charge in [-0.25, -0.2) is 9.97 Å². The molecule has 0 radical (unpaired) electrons. The first-order chi connectivity index (χ1) is 8.33. The maximum absolute atomic E-state index is 4.68. The summed E-state index contributed by atoms with van der Waals surface area (Å²) >= 11 is 0. The molecule has 0 fully saturated rings. The zero-order chi connectivity index (χ0) is 11.7. The second-order valence-corrected chi connectivity index (χ2v) is 4.52. The van der Waals surface area contributed by atoms with E-state index in [2.05, 4.69) is 34.0 Å². The molecule has 0 unspecified atom stereocenters. The van der Waals surface area contributed by atoms with Crippen LogP contribution in [-0.2, 0) is 13.0 Å². The topological polar surface area (TPSA) is 29.0 Å². The van der Waals surface area contributed by atoms with Crippen LogP contribution in [0.15, 0.2) is 36.5 Å². The van der Waals surface area contributed by atoms with Crippen molar-refractivity contribution in [2.45, 2.75) is 13.0 Å². The molecule has 0 bridgehead atoms. The lowest BCUT2D eigenvalue weighted by atomic mass is 10.1. The van der Waals surface area contributed by atoms with E-state index < -0.39 is 0 Å². The highest BCUT2D eigenvalue weighted by molar-refractivity contribution is 5.54. The molecular formula is C14H15N3. The first-order valence-electron chi connectivity index (χ1n) is 5.92. The Labute approximate surface area is 101 Å². The number of rotatable bonds is 1. The third-order valence-electron chi connectivity index (χ3n) is 3.16. The number of hydrogen-bond donors (Lipinski definition) is 0. The maximum atomic E-state index is 4.68. The van der Waals surface area contributed by atoms with Gasteiger partial charge in [0.05, 0.1) is 5.69 Å². The summed E-state index contributed by atoms with van der Waals surface area (Å²) in [5.41, 5.74) is 3.56. The molecule has 0 saturated heterocycles. The van der Waals surface area contributed by atoms with Crippen LogP contribution >= 0.6 is 0 Å². The van der Waals surface area contributed by atoms with Gasteiger partial charge in [-0.05, 0) is 7.05 Å². The SMILES string of the molecule is CN1CCc2nc(-c3ccccc3)ncc2C1. The Kier molecular flexibility index (Phi) is 2.61. The summed E-state index contributed by atoms with van der Waals surface area (Å²) in [6.45, 7) is 2.04. The van der Waals surface area contributed by atoms with Crippen molar-refractivity contribution in [2.24, 2.45) is 0 Å². The fourth-order valence-electron chi connectivity index (χ4n) is 2.18. The minimum atomic E-state index is 0.842. The standard InChI is InChI=1S/C14H15N3/c1-17-8-7-13-12(10-17)9-15-14(16-13)11-5-3-2-4-6-11/h2-6,9H,7-8,10H2,1H3. The van der Waals surface area contributed by atoms with Gasteiger partial charge in [-0.1, -0.05) is 30.3 Å². The molecule has 0 amide bonds. The second-order valence-electron chi connectivity index (χ2n) is 4.52.